The van der Waals surface area contributed by atoms with Crippen LogP contribution < -0.4 is 5.32 Å². The van der Waals surface area contributed by atoms with E-state index in [2.05, 4.69) is 5.32 Å². The molecule has 0 spiro atoms. The van der Waals surface area contributed by atoms with Gasteiger partial charge in [0.05, 0.1) is 0 Å². The second-order valence-corrected chi connectivity index (χ2v) is 5.14. The Labute approximate surface area is 98.0 Å². The summed E-state index contributed by atoms with van der Waals surface area (Å²) in [5.41, 5.74) is -1.24. The fraction of sp³-hybridized carbons (Fsp3) is 0.538. The minimum atomic E-state index is -1.51. The van der Waals surface area contributed by atoms with Crippen LogP contribution in [-0.2, 0) is 5.67 Å². The second-order valence-electron chi connectivity index (χ2n) is 5.14. The van der Waals surface area contributed by atoms with Crippen LogP contribution >= 0.6 is 0 Å². The zero-order valence-corrected chi connectivity index (χ0v) is 9.35. The van der Waals surface area contributed by atoms with Crippen LogP contribution in [-0.4, -0.2) is 12.1 Å². The summed E-state index contributed by atoms with van der Waals surface area (Å²) >= 11 is 0. The molecule has 0 radical (unpaired) electrons. The predicted molar refractivity (Wildman–Crippen MR) is 58.3 cm³/mol. The third-order valence-electron chi connectivity index (χ3n) is 3.91. The SMILES string of the molecule is Fc1ccc(C2(F)CC3CCC(C2)N3)cc1F. The highest BCUT2D eigenvalue weighted by atomic mass is 19.2. The van der Waals surface area contributed by atoms with Gasteiger partial charge in [0.2, 0.25) is 0 Å². The van der Waals surface area contributed by atoms with E-state index in [1.165, 1.54) is 6.07 Å². The Morgan fingerprint density at radius 1 is 1.06 bits per heavy atom. The first-order chi connectivity index (χ1) is 8.07. The van der Waals surface area contributed by atoms with Gasteiger partial charge in [-0.25, -0.2) is 13.2 Å². The highest BCUT2D eigenvalue weighted by Crippen LogP contribution is 2.43. The molecule has 0 aliphatic carbocycles. The van der Waals surface area contributed by atoms with Crippen molar-refractivity contribution < 1.29 is 13.2 Å². The monoisotopic (exact) mass is 241 g/mol. The molecular weight excluding hydrogens is 227 g/mol. The van der Waals surface area contributed by atoms with Crippen LogP contribution in [0.1, 0.15) is 31.2 Å². The molecule has 4 heteroatoms. The lowest BCUT2D eigenvalue weighted by Gasteiger charge is -2.35. The van der Waals surface area contributed by atoms with Crippen LogP contribution in [0.3, 0.4) is 0 Å². The molecule has 0 aromatic heterocycles. The molecule has 1 aromatic carbocycles. The molecule has 0 saturated carbocycles. The molecule has 92 valence electrons. The summed E-state index contributed by atoms with van der Waals surface area (Å²) in [6, 6.07) is 3.72. The van der Waals surface area contributed by atoms with E-state index in [0.717, 1.165) is 25.0 Å². The lowest BCUT2D eigenvalue weighted by molar-refractivity contribution is 0.0869. The third kappa shape index (κ3) is 1.84. The van der Waals surface area contributed by atoms with Crippen molar-refractivity contribution in [3.05, 3.63) is 35.4 Å². The van der Waals surface area contributed by atoms with Crippen molar-refractivity contribution in [1.82, 2.24) is 5.32 Å². The van der Waals surface area contributed by atoms with Crippen LogP contribution in [0.25, 0.3) is 0 Å². The number of rotatable bonds is 1. The topological polar surface area (TPSA) is 12.0 Å². The maximum atomic E-state index is 14.8. The normalized spacial score (nSPS) is 36.2. The molecule has 2 heterocycles. The highest BCUT2D eigenvalue weighted by molar-refractivity contribution is 5.26. The van der Waals surface area contributed by atoms with Crippen LogP contribution in [0, 0.1) is 11.6 Å². The average Bonchev–Trinajstić information content (AvgIpc) is 2.62. The maximum Gasteiger partial charge on any atom is 0.159 e. The van der Waals surface area contributed by atoms with Crippen molar-refractivity contribution in [3.8, 4) is 0 Å². The molecule has 2 atom stereocenters. The van der Waals surface area contributed by atoms with Gasteiger partial charge < -0.3 is 5.32 Å². The molecule has 1 N–H and O–H groups in total. The van der Waals surface area contributed by atoms with E-state index in [9.17, 15) is 13.2 Å². The van der Waals surface area contributed by atoms with Crippen molar-refractivity contribution in [2.24, 2.45) is 0 Å². The Bertz CT molecular complexity index is 434. The van der Waals surface area contributed by atoms with Crippen molar-refractivity contribution in [1.29, 1.82) is 0 Å². The zero-order valence-electron chi connectivity index (χ0n) is 9.35. The Morgan fingerprint density at radius 2 is 1.71 bits per heavy atom. The fourth-order valence-electron chi connectivity index (χ4n) is 3.10. The van der Waals surface area contributed by atoms with Gasteiger partial charge in [0.25, 0.3) is 0 Å². The smallest absolute Gasteiger partial charge is 0.159 e. The highest BCUT2D eigenvalue weighted by Gasteiger charge is 2.45. The summed E-state index contributed by atoms with van der Waals surface area (Å²) in [6.07, 6.45) is 2.66. The number of nitrogens with one attached hydrogen (secondary N) is 1. The minimum Gasteiger partial charge on any atom is -0.311 e. The first-order valence-corrected chi connectivity index (χ1v) is 5.97. The van der Waals surface area contributed by atoms with Crippen molar-refractivity contribution >= 4 is 0 Å². The van der Waals surface area contributed by atoms with Gasteiger partial charge in [-0.1, -0.05) is 6.07 Å². The number of halogens is 3. The summed E-state index contributed by atoms with van der Waals surface area (Å²) in [5.74, 6) is -1.89. The molecule has 0 amide bonds. The summed E-state index contributed by atoms with van der Waals surface area (Å²) in [7, 11) is 0. The largest absolute Gasteiger partial charge is 0.311 e. The molecule has 17 heavy (non-hydrogen) atoms. The summed E-state index contributed by atoms with van der Waals surface area (Å²) in [6.45, 7) is 0. The van der Waals surface area contributed by atoms with Crippen molar-refractivity contribution in [3.63, 3.8) is 0 Å². The molecule has 3 rings (SSSR count). The van der Waals surface area contributed by atoms with Crippen LogP contribution in [0.5, 0.6) is 0 Å². The van der Waals surface area contributed by atoms with Gasteiger partial charge in [0.1, 0.15) is 5.67 Å². The summed E-state index contributed by atoms with van der Waals surface area (Å²) < 4.78 is 40.8. The number of piperidine rings is 1. The van der Waals surface area contributed by atoms with E-state index in [1.54, 1.807) is 0 Å². The Kier molecular flexibility index (Phi) is 2.43. The van der Waals surface area contributed by atoms with Gasteiger partial charge in [-0.2, -0.15) is 0 Å². The van der Waals surface area contributed by atoms with Gasteiger partial charge in [-0.3, -0.25) is 0 Å². The fourth-order valence-corrected chi connectivity index (χ4v) is 3.10. The number of alkyl halides is 1. The number of hydrogen-bond acceptors (Lipinski definition) is 1. The Hall–Kier alpha value is -1.03. The van der Waals surface area contributed by atoms with Gasteiger partial charge in [-0.05, 0) is 30.5 Å². The van der Waals surface area contributed by atoms with Crippen LogP contribution in [0.4, 0.5) is 13.2 Å². The van der Waals surface area contributed by atoms with Gasteiger partial charge >= 0.3 is 0 Å². The molecule has 1 aromatic rings. The van der Waals surface area contributed by atoms with E-state index < -0.39 is 17.3 Å². The molecule has 2 saturated heterocycles. The number of hydrogen-bond donors (Lipinski definition) is 1. The first-order valence-electron chi connectivity index (χ1n) is 5.97. The van der Waals surface area contributed by atoms with Crippen LogP contribution in [0.2, 0.25) is 0 Å². The molecular formula is C13H14F3N. The van der Waals surface area contributed by atoms with E-state index >= 15 is 0 Å². The summed E-state index contributed by atoms with van der Waals surface area (Å²) in [5, 5.41) is 3.33. The molecule has 2 aliphatic rings. The average molecular weight is 241 g/mol. The Morgan fingerprint density at radius 3 is 2.29 bits per heavy atom. The molecule has 1 nitrogen and oxygen atoms in total. The van der Waals surface area contributed by atoms with Crippen molar-refractivity contribution in [2.45, 2.75) is 43.4 Å². The standard InChI is InChI=1S/C13H14F3N/c14-11-4-1-8(5-12(11)15)13(16)6-9-2-3-10(7-13)17-9/h1,4-5,9-10,17H,2-3,6-7H2. The third-order valence-corrected chi connectivity index (χ3v) is 3.91. The second kappa shape index (κ2) is 3.73. The molecule has 2 fully saturated rings. The number of fused-ring (bicyclic) bond motifs is 2. The van der Waals surface area contributed by atoms with Gasteiger partial charge in [-0.15, -0.1) is 0 Å². The van der Waals surface area contributed by atoms with E-state index in [1.807, 2.05) is 0 Å². The number of benzene rings is 1. The van der Waals surface area contributed by atoms with E-state index in [4.69, 9.17) is 0 Å². The molecule has 2 aliphatic heterocycles. The molecule has 2 bridgehead atoms. The lowest BCUT2D eigenvalue weighted by Crippen LogP contribution is -2.44. The lowest BCUT2D eigenvalue weighted by atomic mass is 9.83. The summed E-state index contributed by atoms with van der Waals surface area (Å²) in [4.78, 5) is 0. The predicted octanol–water partition coefficient (Wildman–Crippen LogP) is 3.04. The van der Waals surface area contributed by atoms with Crippen molar-refractivity contribution in [2.75, 3.05) is 0 Å². The molecule has 2 unspecified atom stereocenters. The first kappa shape index (κ1) is 11.1. The Balaban J connectivity index is 1.94. The zero-order chi connectivity index (χ0) is 12.0. The van der Waals surface area contributed by atoms with Gasteiger partial charge in [0, 0.05) is 24.9 Å². The minimum absolute atomic E-state index is 0.173. The van der Waals surface area contributed by atoms with Crippen LogP contribution in [0.15, 0.2) is 18.2 Å². The maximum absolute atomic E-state index is 14.8. The van der Waals surface area contributed by atoms with E-state index in [0.29, 0.717) is 12.8 Å². The van der Waals surface area contributed by atoms with Gasteiger partial charge in [0.15, 0.2) is 11.6 Å². The quantitative estimate of drug-likeness (QED) is 0.796. The van der Waals surface area contributed by atoms with E-state index in [-0.39, 0.29) is 17.6 Å².